The molecule has 0 spiro atoms. The van der Waals surface area contributed by atoms with E-state index >= 15 is 0 Å². The summed E-state index contributed by atoms with van der Waals surface area (Å²) in [6.07, 6.45) is 0. The first kappa shape index (κ1) is 25.5. The third kappa shape index (κ3) is 6.86. The highest BCUT2D eigenvalue weighted by atomic mass is 19.3. The van der Waals surface area contributed by atoms with Crippen molar-refractivity contribution in [3.63, 3.8) is 0 Å². The number of alkyl halides is 2. The van der Waals surface area contributed by atoms with Crippen molar-refractivity contribution in [1.29, 1.82) is 0 Å². The van der Waals surface area contributed by atoms with E-state index in [4.69, 9.17) is 10.5 Å². The van der Waals surface area contributed by atoms with Gasteiger partial charge in [0.25, 0.3) is 11.8 Å². The minimum atomic E-state index is -3.17. The molecule has 1 aliphatic heterocycles. The molecule has 1 saturated heterocycles. The van der Waals surface area contributed by atoms with Crippen molar-refractivity contribution < 1.29 is 32.6 Å². The van der Waals surface area contributed by atoms with Gasteiger partial charge >= 0.3 is 6.61 Å². The molecule has 32 heavy (non-hydrogen) atoms. The average molecular weight is 456 g/mol. The molecule has 1 aromatic carbocycles. The van der Waals surface area contributed by atoms with Crippen molar-refractivity contribution in [1.82, 2.24) is 4.90 Å². The summed E-state index contributed by atoms with van der Waals surface area (Å²) >= 11 is 0. The number of carbonyl (C=O) groups excluding carboxylic acids is 3. The zero-order valence-corrected chi connectivity index (χ0v) is 18.7. The summed E-state index contributed by atoms with van der Waals surface area (Å²) in [5.41, 5.74) is 5.52. The van der Waals surface area contributed by atoms with E-state index in [1.807, 2.05) is 20.8 Å². The van der Waals surface area contributed by atoms with Gasteiger partial charge in [0.05, 0.1) is 12.3 Å². The lowest BCUT2D eigenvalue weighted by molar-refractivity contribution is -0.133. The number of nitrogens with zero attached hydrogens (tertiary/aromatic N) is 2. The molecule has 1 heterocycles. The number of ether oxygens (including phenoxy) is 2. The Balaban J connectivity index is 2.32. The molecule has 2 rings (SSSR count). The Morgan fingerprint density at radius 1 is 1.34 bits per heavy atom. The third-order valence-electron chi connectivity index (χ3n) is 4.70. The monoisotopic (exact) mass is 456 g/mol. The number of amides is 3. The number of halogens is 2. The number of hydrogen-bond acceptors (Lipinski definition) is 6. The maximum Gasteiger partial charge on any atom is 0.387 e. The topological polar surface area (TPSA) is 114 Å². The van der Waals surface area contributed by atoms with Crippen LogP contribution in [0.1, 0.15) is 27.7 Å². The van der Waals surface area contributed by atoms with Gasteiger partial charge in [-0.3, -0.25) is 19.3 Å². The normalized spacial score (nSPS) is 15.8. The average Bonchev–Trinajstić information content (AvgIpc) is 2.67. The van der Waals surface area contributed by atoms with Crippen LogP contribution in [0.25, 0.3) is 0 Å². The summed E-state index contributed by atoms with van der Waals surface area (Å²) in [4.78, 5) is 40.1. The molecule has 0 aromatic heterocycles. The minimum absolute atomic E-state index is 0.0715. The molecule has 9 nitrogen and oxygen atoms in total. The van der Waals surface area contributed by atoms with Crippen LogP contribution in [-0.4, -0.2) is 68.1 Å². The van der Waals surface area contributed by atoms with Gasteiger partial charge in [-0.15, -0.1) is 0 Å². The van der Waals surface area contributed by atoms with Crippen LogP contribution in [-0.2, 0) is 19.1 Å². The predicted octanol–water partition coefficient (Wildman–Crippen LogP) is 1.81. The maximum atomic E-state index is 13.0. The van der Waals surface area contributed by atoms with Gasteiger partial charge in [0.1, 0.15) is 6.61 Å². The minimum Gasteiger partial charge on any atom is -0.433 e. The Morgan fingerprint density at radius 3 is 2.56 bits per heavy atom. The number of nitrogens with two attached hydrogens (primary N) is 1. The molecule has 0 radical (unpaired) electrons. The van der Waals surface area contributed by atoms with Crippen molar-refractivity contribution in [2.24, 2.45) is 11.1 Å². The van der Waals surface area contributed by atoms with Gasteiger partial charge in [0.15, 0.2) is 11.8 Å². The first-order valence-corrected chi connectivity index (χ1v) is 10.2. The molecule has 178 valence electrons. The molecule has 0 unspecified atom stereocenters. The van der Waals surface area contributed by atoms with Crippen LogP contribution in [0, 0.1) is 5.41 Å². The second-order valence-corrected chi connectivity index (χ2v) is 8.57. The Bertz CT molecular complexity index is 844. The number of nitrogens with one attached hydrogen (secondary N) is 1. The van der Waals surface area contributed by atoms with E-state index < -0.39 is 24.5 Å². The third-order valence-corrected chi connectivity index (χ3v) is 4.70. The number of rotatable bonds is 9. The van der Waals surface area contributed by atoms with E-state index in [9.17, 15) is 23.2 Å². The summed E-state index contributed by atoms with van der Waals surface area (Å²) in [7, 11) is 0. The van der Waals surface area contributed by atoms with Gasteiger partial charge in [-0.1, -0.05) is 27.7 Å². The fourth-order valence-electron chi connectivity index (χ4n) is 3.44. The lowest BCUT2D eigenvalue weighted by atomic mass is 9.95. The SMILES string of the molecule is CCN(CC(C)(C)C)[C@H](C(N)=O)C(=O)Nc1ccc(N2CCOCC2=O)cc1OC(F)F. The summed E-state index contributed by atoms with van der Waals surface area (Å²) in [5.74, 6) is -2.30. The molecule has 0 aliphatic carbocycles. The van der Waals surface area contributed by atoms with Gasteiger partial charge in [0.2, 0.25) is 5.91 Å². The lowest BCUT2D eigenvalue weighted by Crippen LogP contribution is -2.54. The summed E-state index contributed by atoms with van der Waals surface area (Å²) in [6, 6.07) is 2.76. The molecular weight excluding hydrogens is 426 g/mol. The molecule has 1 aromatic rings. The highest BCUT2D eigenvalue weighted by Gasteiger charge is 2.33. The maximum absolute atomic E-state index is 13.0. The van der Waals surface area contributed by atoms with E-state index in [1.165, 1.54) is 23.1 Å². The first-order valence-electron chi connectivity index (χ1n) is 10.2. The zero-order chi connectivity index (χ0) is 24.1. The van der Waals surface area contributed by atoms with Crippen LogP contribution in [0.2, 0.25) is 0 Å². The predicted molar refractivity (Wildman–Crippen MR) is 115 cm³/mol. The number of benzene rings is 1. The molecule has 11 heteroatoms. The quantitative estimate of drug-likeness (QED) is 0.548. The molecule has 0 saturated carbocycles. The van der Waals surface area contributed by atoms with Crippen LogP contribution in [0.4, 0.5) is 20.2 Å². The number of morpholine rings is 1. The van der Waals surface area contributed by atoms with Gasteiger partial charge in [-0.05, 0) is 24.1 Å². The number of carbonyl (C=O) groups is 3. The Kier molecular flexibility index (Phi) is 8.51. The van der Waals surface area contributed by atoms with Crippen molar-refractivity contribution in [2.75, 3.05) is 43.1 Å². The van der Waals surface area contributed by atoms with Crippen molar-refractivity contribution in [3.05, 3.63) is 18.2 Å². The summed E-state index contributed by atoms with van der Waals surface area (Å²) in [5, 5.41) is 2.47. The highest BCUT2D eigenvalue weighted by Crippen LogP contribution is 2.32. The Labute approximate surface area is 185 Å². The van der Waals surface area contributed by atoms with Crippen LogP contribution in [0.5, 0.6) is 5.75 Å². The number of likely N-dealkylation sites (N-methyl/N-ethyl adjacent to an activating group) is 1. The molecule has 3 N–H and O–H groups in total. The molecule has 1 fully saturated rings. The van der Waals surface area contributed by atoms with E-state index in [-0.39, 0.29) is 35.9 Å². The molecule has 1 atom stereocenters. The van der Waals surface area contributed by atoms with Crippen LogP contribution >= 0.6 is 0 Å². The van der Waals surface area contributed by atoms with Crippen molar-refractivity contribution >= 4 is 29.1 Å². The number of hydrogen-bond donors (Lipinski definition) is 2. The number of primary amides is 1. The first-order chi connectivity index (χ1) is 14.9. The van der Waals surface area contributed by atoms with Crippen molar-refractivity contribution in [2.45, 2.75) is 40.3 Å². The van der Waals surface area contributed by atoms with Gasteiger partial charge in [-0.2, -0.15) is 8.78 Å². The van der Waals surface area contributed by atoms with E-state index in [1.54, 1.807) is 11.8 Å². The summed E-state index contributed by atoms with van der Waals surface area (Å²) < 4.78 is 35.7. The van der Waals surface area contributed by atoms with Gasteiger partial charge < -0.3 is 25.4 Å². The van der Waals surface area contributed by atoms with Gasteiger partial charge in [-0.25, -0.2) is 0 Å². The smallest absolute Gasteiger partial charge is 0.387 e. The van der Waals surface area contributed by atoms with Crippen LogP contribution in [0.3, 0.4) is 0 Å². The number of anilines is 2. The second kappa shape index (κ2) is 10.7. The Morgan fingerprint density at radius 2 is 2.03 bits per heavy atom. The Hall–Kier alpha value is -2.79. The summed E-state index contributed by atoms with van der Waals surface area (Å²) in [6.45, 7) is 5.68. The highest BCUT2D eigenvalue weighted by molar-refractivity contribution is 6.10. The van der Waals surface area contributed by atoms with Crippen LogP contribution in [0.15, 0.2) is 18.2 Å². The molecular formula is C21H30F2N4O5. The van der Waals surface area contributed by atoms with Crippen molar-refractivity contribution in [3.8, 4) is 5.75 Å². The largest absolute Gasteiger partial charge is 0.433 e. The lowest BCUT2D eigenvalue weighted by Gasteiger charge is -2.33. The zero-order valence-electron chi connectivity index (χ0n) is 18.7. The van der Waals surface area contributed by atoms with E-state index in [0.29, 0.717) is 25.4 Å². The van der Waals surface area contributed by atoms with E-state index in [0.717, 1.165) is 0 Å². The van der Waals surface area contributed by atoms with Crippen LogP contribution < -0.4 is 20.7 Å². The molecule has 1 aliphatic rings. The molecule has 3 amide bonds. The fourth-order valence-corrected chi connectivity index (χ4v) is 3.44. The standard InChI is InChI=1S/C21H30F2N4O5/c1-5-26(12-21(2,3)4)17(18(24)29)19(30)25-14-7-6-13(10-15(14)32-20(22)23)27-8-9-31-11-16(27)28/h6-7,10,17,20H,5,8-9,11-12H2,1-4H3,(H2,24,29)(H,25,30)/t17-/m1/s1. The van der Waals surface area contributed by atoms with Gasteiger partial charge in [0, 0.05) is 24.8 Å². The fraction of sp³-hybridized carbons (Fsp3) is 0.571. The second-order valence-electron chi connectivity index (χ2n) is 8.57. The molecule has 0 bridgehead atoms. The van der Waals surface area contributed by atoms with E-state index in [2.05, 4.69) is 10.1 Å².